The lowest BCUT2D eigenvalue weighted by Gasteiger charge is -2.03. The molecule has 0 aliphatic carbocycles. The van der Waals surface area contributed by atoms with Gasteiger partial charge in [-0.1, -0.05) is 11.6 Å². The van der Waals surface area contributed by atoms with Crippen molar-refractivity contribution in [2.45, 2.75) is 0 Å². The van der Waals surface area contributed by atoms with Crippen molar-refractivity contribution in [3.8, 4) is 5.88 Å². The molecule has 0 atom stereocenters. The van der Waals surface area contributed by atoms with Crippen molar-refractivity contribution < 1.29 is 29.3 Å². The second-order valence-corrected chi connectivity index (χ2v) is 4.59. The Morgan fingerprint density at radius 2 is 1.58 bits per heavy atom. The van der Waals surface area contributed by atoms with Crippen LogP contribution in [0.4, 0.5) is 0 Å². The number of rotatable bonds is 6. The fraction of sp³-hybridized carbons (Fsp3) is 0.200. The summed E-state index contributed by atoms with van der Waals surface area (Å²) in [7, 11) is 1.57. The number of hydrogen-bond acceptors (Lipinski definition) is 6. The van der Waals surface area contributed by atoms with Crippen LogP contribution >= 0.6 is 11.6 Å². The maximum atomic E-state index is 10.5. The molecule has 0 amide bonds. The number of carboxylic acid groups (broad SMARTS) is 2. The summed E-state index contributed by atoms with van der Waals surface area (Å²) in [6.45, 7) is 0.873. The first-order valence-corrected chi connectivity index (χ1v) is 6.97. The highest BCUT2D eigenvalue weighted by atomic mass is 35.5. The van der Waals surface area contributed by atoms with Crippen LogP contribution < -0.4 is 4.74 Å². The van der Waals surface area contributed by atoms with E-state index < -0.39 is 11.9 Å². The Morgan fingerprint density at radius 1 is 1.00 bits per heavy atom. The number of aromatic nitrogens is 2. The maximum absolute atomic E-state index is 10.5. The number of methoxy groups -OCH3 is 1. The number of aromatic carboxylic acids is 2. The molecule has 0 saturated carbocycles. The number of ether oxygens (including phenoxy) is 2. The third-order valence-corrected chi connectivity index (χ3v) is 2.72. The van der Waals surface area contributed by atoms with Gasteiger partial charge in [-0.05, 0) is 18.2 Å². The van der Waals surface area contributed by atoms with E-state index in [-0.39, 0.29) is 11.1 Å². The first-order chi connectivity index (χ1) is 11.4. The first-order valence-electron chi connectivity index (χ1n) is 6.60. The van der Waals surface area contributed by atoms with Crippen LogP contribution in [0.15, 0.2) is 36.7 Å². The summed E-state index contributed by atoms with van der Waals surface area (Å²) in [6.07, 6.45) is 2.47. The monoisotopic (exact) mass is 354 g/mol. The van der Waals surface area contributed by atoms with Crippen LogP contribution in [0, 0.1) is 0 Å². The molecule has 24 heavy (non-hydrogen) atoms. The van der Waals surface area contributed by atoms with Crippen molar-refractivity contribution >= 4 is 23.5 Å². The van der Waals surface area contributed by atoms with Gasteiger partial charge in [-0.15, -0.1) is 0 Å². The number of carboxylic acids is 2. The number of pyridine rings is 2. The van der Waals surface area contributed by atoms with Crippen molar-refractivity contribution in [2.75, 3.05) is 20.3 Å². The van der Waals surface area contributed by atoms with Gasteiger partial charge in [0.25, 0.3) is 0 Å². The minimum absolute atomic E-state index is 0.143. The summed E-state index contributed by atoms with van der Waals surface area (Å²) in [5.41, 5.74) is 0.286. The van der Waals surface area contributed by atoms with Crippen LogP contribution in [-0.4, -0.2) is 52.4 Å². The molecule has 2 heterocycles. The van der Waals surface area contributed by atoms with Gasteiger partial charge in [-0.25, -0.2) is 19.6 Å². The second kappa shape index (κ2) is 10.1. The minimum atomic E-state index is -0.999. The van der Waals surface area contributed by atoms with Gasteiger partial charge in [0.1, 0.15) is 11.8 Å². The van der Waals surface area contributed by atoms with Crippen molar-refractivity contribution in [1.29, 1.82) is 0 Å². The Hall–Kier alpha value is -2.71. The van der Waals surface area contributed by atoms with E-state index in [1.165, 1.54) is 36.7 Å². The van der Waals surface area contributed by atoms with E-state index in [2.05, 4.69) is 9.97 Å². The van der Waals surface area contributed by atoms with Crippen molar-refractivity contribution in [3.05, 3.63) is 52.9 Å². The van der Waals surface area contributed by atoms with E-state index in [4.69, 9.17) is 31.3 Å². The predicted octanol–water partition coefficient (Wildman–Crippen LogP) is 2.24. The van der Waals surface area contributed by atoms with Gasteiger partial charge in [0.05, 0.1) is 17.7 Å². The van der Waals surface area contributed by atoms with Gasteiger partial charge >= 0.3 is 11.9 Å². The Balaban J connectivity index is 0.000000254. The van der Waals surface area contributed by atoms with E-state index >= 15 is 0 Å². The van der Waals surface area contributed by atoms with Gasteiger partial charge < -0.3 is 19.7 Å². The lowest BCUT2D eigenvalue weighted by molar-refractivity contribution is 0.0685. The molecule has 2 aromatic rings. The normalized spacial score (nSPS) is 9.58. The first kappa shape index (κ1) is 19.3. The largest absolute Gasteiger partial charge is 0.478 e. The number of halogens is 1. The molecule has 8 nitrogen and oxygen atoms in total. The molecule has 0 fully saturated rings. The second-order valence-electron chi connectivity index (χ2n) is 4.21. The van der Waals surface area contributed by atoms with Crippen LogP contribution in [0.25, 0.3) is 0 Å². The predicted molar refractivity (Wildman–Crippen MR) is 84.8 cm³/mol. The molecule has 0 bridgehead atoms. The summed E-state index contributed by atoms with van der Waals surface area (Å²) in [5.74, 6) is -1.60. The van der Waals surface area contributed by atoms with Crippen LogP contribution in [-0.2, 0) is 4.74 Å². The van der Waals surface area contributed by atoms with Gasteiger partial charge in [0.15, 0.2) is 0 Å². The molecule has 0 unspecified atom stereocenters. The molecule has 0 radical (unpaired) electrons. The zero-order chi connectivity index (χ0) is 17.9. The lowest BCUT2D eigenvalue weighted by Crippen LogP contribution is -2.06. The minimum Gasteiger partial charge on any atom is -0.478 e. The standard InChI is InChI=1S/C9H11NO4.C6H4ClNO2/c1-13-4-5-14-8-3-2-7(6-10-8)9(11)12;7-5-2-1-4(3-8-5)6(9)10/h2-3,6H,4-5H2,1H3,(H,11,12);1-3H,(H,9,10). The highest BCUT2D eigenvalue weighted by molar-refractivity contribution is 6.29. The summed E-state index contributed by atoms with van der Waals surface area (Å²) in [4.78, 5) is 28.1. The molecule has 2 aromatic heterocycles. The third-order valence-electron chi connectivity index (χ3n) is 2.50. The Morgan fingerprint density at radius 3 is 2.00 bits per heavy atom. The Labute approximate surface area is 142 Å². The Bertz CT molecular complexity index is 661. The summed E-state index contributed by atoms with van der Waals surface area (Å²) in [5, 5.41) is 17.3. The molecule has 0 spiro atoms. The van der Waals surface area contributed by atoms with Crippen molar-refractivity contribution in [3.63, 3.8) is 0 Å². The molecular weight excluding hydrogens is 340 g/mol. The van der Waals surface area contributed by atoms with Crippen LogP contribution in [0.1, 0.15) is 20.7 Å². The molecule has 0 aromatic carbocycles. The molecule has 2 rings (SSSR count). The highest BCUT2D eigenvalue weighted by Gasteiger charge is 2.03. The molecule has 0 aliphatic heterocycles. The smallest absolute Gasteiger partial charge is 0.337 e. The van der Waals surface area contributed by atoms with Gasteiger partial charge in [0.2, 0.25) is 5.88 Å². The molecule has 128 valence electrons. The van der Waals surface area contributed by atoms with Crippen molar-refractivity contribution in [2.24, 2.45) is 0 Å². The fourth-order valence-electron chi connectivity index (χ4n) is 1.32. The van der Waals surface area contributed by atoms with Gasteiger partial charge in [-0.3, -0.25) is 0 Å². The topological polar surface area (TPSA) is 119 Å². The zero-order valence-electron chi connectivity index (χ0n) is 12.7. The summed E-state index contributed by atoms with van der Waals surface area (Å²) < 4.78 is 9.93. The highest BCUT2D eigenvalue weighted by Crippen LogP contribution is 2.07. The average molecular weight is 355 g/mol. The van der Waals surface area contributed by atoms with E-state index in [9.17, 15) is 9.59 Å². The zero-order valence-corrected chi connectivity index (χ0v) is 13.4. The van der Waals surface area contributed by atoms with Crippen molar-refractivity contribution in [1.82, 2.24) is 9.97 Å². The van der Waals surface area contributed by atoms with Crippen LogP contribution in [0.2, 0.25) is 5.15 Å². The fourth-order valence-corrected chi connectivity index (χ4v) is 1.44. The van der Waals surface area contributed by atoms with Gasteiger partial charge in [-0.2, -0.15) is 0 Å². The quantitative estimate of drug-likeness (QED) is 0.598. The van der Waals surface area contributed by atoms with E-state index in [1.54, 1.807) is 7.11 Å². The SMILES string of the molecule is COCCOc1ccc(C(=O)O)cn1.O=C(O)c1ccc(Cl)nc1. The summed E-state index contributed by atoms with van der Waals surface area (Å²) >= 11 is 5.41. The van der Waals surface area contributed by atoms with E-state index in [0.717, 1.165) is 0 Å². The molecule has 2 N–H and O–H groups in total. The van der Waals surface area contributed by atoms with Crippen LogP contribution in [0.5, 0.6) is 5.88 Å². The van der Waals surface area contributed by atoms with Gasteiger partial charge in [0, 0.05) is 25.6 Å². The third kappa shape index (κ3) is 7.03. The molecule has 0 aliphatic rings. The average Bonchev–Trinajstić information content (AvgIpc) is 2.56. The Kier molecular flexibility index (Phi) is 8.17. The molecule has 0 saturated heterocycles. The molecule has 9 heteroatoms. The molecular formula is C15H15ClN2O6. The number of hydrogen-bond donors (Lipinski definition) is 2. The van der Waals surface area contributed by atoms with Crippen LogP contribution in [0.3, 0.4) is 0 Å². The number of nitrogens with zero attached hydrogens (tertiary/aromatic N) is 2. The van der Waals surface area contributed by atoms with E-state index in [0.29, 0.717) is 24.2 Å². The summed E-state index contributed by atoms with van der Waals surface area (Å²) in [6, 6.07) is 5.79. The van der Waals surface area contributed by atoms with E-state index in [1.807, 2.05) is 0 Å². The maximum Gasteiger partial charge on any atom is 0.337 e. The lowest BCUT2D eigenvalue weighted by atomic mass is 10.3. The number of carbonyl (C=O) groups is 2.